The van der Waals surface area contributed by atoms with Crippen LogP contribution in [0.1, 0.15) is 5.56 Å². The van der Waals surface area contributed by atoms with Gasteiger partial charge in [0.15, 0.2) is 0 Å². The number of sulfonamides is 1. The smallest absolute Gasteiger partial charge is 0.218 e. The largest absolute Gasteiger partial charge is 0.318 e. The Hall–Kier alpha value is -0.910. The number of nitrogens with one attached hydrogen (secondary N) is 1. The summed E-state index contributed by atoms with van der Waals surface area (Å²) in [5, 5.41) is 2.93. The number of hydrogen-bond donors (Lipinski definition) is 1. The van der Waals surface area contributed by atoms with Crippen LogP contribution in [0.2, 0.25) is 0 Å². The van der Waals surface area contributed by atoms with Crippen molar-refractivity contribution in [3.8, 4) is 0 Å². The molecule has 90 valence electrons. The third kappa shape index (κ3) is 3.92. The molecule has 0 unspecified atom stereocenters. The van der Waals surface area contributed by atoms with Gasteiger partial charge in [0.25, 0.3) is 0 Å². The Morgan fingerprint density at radius 3 is 2.44 bits per heavy atom. The second-order valence-corrected chi connectivity index (χ2v) is 5.74. The highest BCUT2D eigenvalue weighted by Crippen LogP contribution is 2.08. The molecule has 0 saturated carbocycles. The molecule has 0 fully saturated rings. The Kier molecular flexibility index (Phi) is 4.92. The van der Waals surface area contributed by atoms with Gasteiger partial charge in [-0.15, -0.1) is 0 Å². The van der Waals surface area contributed by atoms with Crippen LogP contribution in [0, 0.1) is 0 Å². The summed E-state index contributed by atoms with van der Waals surface area (Å²) in [5.74, 6) is 0.0635. The van der Waals surface area contributed by atoms with E-state index in [0.717, 1.165) is 5.56 Å². The molecular weight excluding hydrogens is 224 g/mol. The summed E-state index contributed by atoms with van der Waals surface area (Å²) >= 11 is 0. The van der Waals surface area contributed by atoms with Gasteiger partial charge in [0.05, 0.1) is 5.75 Å². The SMILES string of the molecule is CNCCN(C)S(=O)(=O)Cc1ccccc1. The monoisotopic (exact) mass is 242 g/mol. The van der Waals surface area contributed by atoms with E-state index < -0.39 is 10.0 Å². The Morgan fingerprint density at radius 2 is 1.88 bits per heavy atom. The van der Waals surface area contributed by atoms with Gasteiger partial charge < -0.3 is 5.32 Å². The summed E-state index contributed by atoms with van der Waals surface area (Å²) in [7, 11) is 0.218. The molecule has 1 N–H and O–H groups in total. The van der Waals surface area contributed by atoms with E-state index in [2.05, 4.69) is 5.32 Å². The molecule has 1 aromatic rings. The van der Waals surface area contributed by atoms with Gasteiger partial charge in [-0.2, -0.15) is 0 Å². The minimum absolute atomic E-state index is 0.0635. The van der Waals surface area contributed by atoms with E-state index in [4.69, 9.17) is 0 Å². The van der Waals surface area contributed by atoms with Crippen LogP contribution in [-0.2, 0) is 15.8 Å². The summed E-state index contributed by atoms with van der Waals surface area (Å²) in [6.45, 7) is 1.15. The van der Waals surface area contributed by atoms with Crippen molar-refractivity contribution in [2.24, 2.45) is 0 Å². The van der Waals surface area contributed by atoms with E-state index in [1.54, 1.807) is 14.1 Å². The molecule has 0 bridgehead atoms. The number of hydrogen-bond acceptors (Lipinski definition) is 3. The zero-order chi connectivity index (χ0) is 12.0. The summed E-state index contributed by atoms with van der Waals surface area (Å²) in [5.41, 5.74) is 0.818. The Labute approximate surface area is 97.3 Å². The average molecular weight is 242 g/mol. The van der Waals surface area contributed by atoms with Crippen molar-refractivity contribution in [3.63, 3.8) is 0 Å². The van der Waals surface area contributed by atoms with Crippen molar-refractivity contribution in [1.82, 2.24) is 9.62 Å². The molecule has 0 aliphatic carbocycles. The molecule has 0 saturated heterocycles. The van der Waals surface area contributed by atoms with Crippen molar-refractivity contribution >= 4 is 10.0 Å². The van der Waals surface area contributed by atoms with Gasteiger partial charge >= 0.3 is 0 Å². The Bertz CT molecular complexity index is 403. The fourth-order valence-electron chi connectivity index (χ4n) is 1.30. The van der Waals surface area contributed by atoms with Crippen LogP contribution >= 0.6 is 0 Å². The van der Waals surface area contributed by atoms with Gasteiger partial charge in [0.1, 0.15) is 0 Å². The van der Waals surface area contributed by atoms with Gasteiger partial charge in [0.2, 0.25) is 10.0 Å². The molecule has 0 aliphatic rings. The highest BCUT2D eigenvalue weighted by Gasteiger charge is 2.17. The van der Waals surface area contributed by atoms with E-state index in [1.165, 1.54) is 4.31 Å². The van der Waals surface area contributed by atoms with Crippen LogP contribution in [0.5, 0.6) is 0 Å². The van der Waals surface area contributed by atoms with E-state index in [9.17, 15) is 8.42 Å². The predicted octanol–water partition coefficient (Wildman–Crippen LogP) is 0.668. The van der Waals surface area contributed by atoms with Crippen molar-refractivity contribution in [2.45, 2.75) is 5.75 Å². The number of benzene rings is 1. The summed E-state index contributed by atoms with van der Waals surface area (Å²) in [6.07, 6.45) is 0. The summed E-state index contributed by atoms with van der Waals surface area (Å²) in [6, 6.07) is 9.21. The molecule has 0 radical (unpaired) electrons. The number of likely N-dealkylation sites (N-methyl/N-ethyl adjacent to an activating group) is 2. The standard InChI is InChI=1S/C11H18N2O2S/c1-12-8-9-13(2)16(14,15)10-11-6-4-3-5-7-11/h3-7,12H,8-10H2,1-2H3. The van der Waals surface area contributed by atoms with Gasteiger partial charge in [-0.3, -0.25) is 0 Å². The van der Waals surface area contributed by atoms with Gasteiger partial charge in [-0.05, 0) is 12.6 Å². The third-order valence-corrected chi connectivity index (χ3v) is 4.17. The maximum absolute atomic E-state index is 11.9. The third-order valence-electron chi connectivity index (χ3n) is 2.34. The predicted molar refractivity (Wildman–Crippen MR) is 65.6 cm³/mol. The first-order valence-corrected chi connectivity index (χ1v) is 6.79. The highest BCUT2D eigenvalue weighted by molar-refractivity contribution is 7.88. The lowest BCUT2D eigenvalue weighted by molar-refractivity contribution is 0.465. The molecule has 16 heavy (non-hydrogen) atoms. The first kappa shape index (κ1) is 13.2. The highest BCUT2D eigenvalue weighted by atomic mass is 32.2. The van der Waals surface area contributed by atoms with Gasteiger partial charge in [-0.25, -0.2) is 12.7 Å². The normalized spacial score (nSPS) is 11.9. The maximum atomic E-state index is 11.9. The summed E-state index contributed by atoms with van der Waals surface area (Å²) < 4.78 is 25.2. The quantitative estimate of drug-likeness (QED) is 0.797. The second kappa shape index (κ2) is 5.98. The van der Waals surface area contributed by atoms with Crippen LogP contribution < -0.4 is 5.32 Å². The minimum atomic E-state index is -3.19. The lowest BCUT2D eigenvalue weighted by atomic mass is 10.2. The molecule has 0 amide bonds. The lowest BCUT2D eigenvalue weighted by Gasteiger charge is -2.16. The molecule has 0 aliphatic heterocycles. The van der Waals surface area contributed by atoms with E-state index in [1.807, 2.05) is 30.3 Å². The van der Waals surface area contributed by atoms with Gasteiger partial charge in [0, 0.05) is 20.1 Å². The first-order valence-electron chi connectivity index (χ1n) is 5.19. The molecule has 5 heteroatoms. The zero-order valence-electron chi connectivity index (χ0n) is 9.68. The van der Waals surface area contributed by atoms with E-state index in [-0.39, 0.29) is 5.75 Å². The average Bonchev–Trinajstić information content (AvgIpc) is 2.26. The lowest BCUT2D eigenvalue weighted by Crippen LogP contribution is -2.33. The van der Waals surface area contributed by atoms with Crippen molar-refractivity contribution in [3.05, 3.63) is 35.9 Å². The molecule has 1 rings (SSSR count). The van der Waals surface area contributed by atoms with E-state index >= 15 is 0 Å². The molecule has 0 spiro atoms. The fraction of sp³-hybridized carbons (Fsp3) is 0.455. The topological polar surface area (TPSA) is 49.4 Å². The van der Waals surface area contributed by atoms with Crippen molar-refractivity contribution in [2.75, 3.05) is 27.2 Å². The molecule has 4 nitrogen and oxygen atoms in total. The molecular formula is C11H18N2O2S. The van der Waals surface area contributed by atoms with Crippen LogP contribution in [-0.4, -0.2) is 39.9 Å². The maximum Gasteiger partial charge on any atom is 0.218 e. The van der Waals surface area contributed by atoms with Crippen LogP contribution in [0.4, 0.5) is 0 Å². The summed E-state index contributed by atoms with van der Waals surface area (Å²) in [4.78, 5) is 0. The molecule has 0 aromatic heterocycles. The fourth-order valence-corrected chi connectivity index (χ4v) is 2.51. The Morgan fingerprint density at radius 1 is 1.25 bits per heavy atom. The number of rotatable bonds is 6. The number of nitrogens with zero attached hydrogens (tertiary/aromatic N) is 1. The van der Waals surface area contributed by atoms with Gasteiger partial charge in [-0.1, -0.05) is 30.3 Å². The zero-order valence-corrected chi connectivity index (χ0v) is 10.5. The van der Waals surface area contributed by atoms with Crippen molar-refractivity contribution < 1.29 is 8.42 Å². The van der Waals surface area contributed by atoms with Crippen LogP contribution in [0.15, 0.2) is 30.3 Å². The minimum Gasteiger partial charge on any atom is -0.318 e. The molecule has 1 aromatic carbocycles. The molecule has 0 atom stereocenters. The first-order chi connectivity index (χ1) is 7.56. The van der Waals surface area contributed by atoms with Crippen LogP contribution in [0.3, 0.4) is 0 Å². The van der Waals surface area contributed by atoms with Crippen LogP contribution in [0.25, 0.3) is 0 Å². The van der Waals surface area contributed by atoms with E-state index in [0.29, 0.717) is 13.1 Å². The molecule has 0 heterocycles. The Balaban J connectivity index is 2.65. The second-order valence-electron chi connectivity index (χ2n) is 3.67. The van der Waals surface area contributed by atoms with Crippen molar-refractivity contribution in [1.29, 1.82) is 0 Å².